The van der Waals surface area contributed by atoms with Crippen molar-refractivity contribution >= 4 is 0 Å². The first-order valence-corrected chi connectivity index (χ1v) is 6.89. The fourth-order valence-corrected chi connectivity index (χ4v) is 2.01. The van der Waals surface area contributed by atoms with Crippen molar-refractivity contribution < 1.29 is 5.11 Å². The van der Waals surface area contributed by atoms with Crippen LogP contribution in [0.25, 0.3) is 0 Å². The predicted molar refractivity (Wildman–Crippen MR) is 81.8 cm³/mol. The lowest BCUT2D eigenvalue weighted by molar-refractivity contribution is 0.284. The quantitative estimate of drug-likeness (QED) is 0.460. The first-order valence-electron chi connectivity index (χ1n) is 6.89. The summed E-state index contributed by atoms with van der Waals surface area (Å²) in [5.41, 5.74) is 2.23. The molecule has 1 heteroatoms. The van der Waals surface area contributed by atoms with Crippen LogP contribution in [0, 0.1) is 17.3 Å². The summed E-state index contributed by atoms with van der Waals surface area (Å²) in [6.07, 6.45) is 3.77. The Kier molecular flexibility index (Phi) is 6.39. The molecule has 0 aliphatic rings. The SMILES string of the molecule is C=C(CCCCO)CC(C)(C)C#Cc1ccccc1. The van der Waals surface area contributed by atoms with Crippen molar-refractivity contribution in [2.75, 3.05) is 6.61 Å². The minimum atomic E-state index is -0.0495. The van der Waals surface area contributed by atoms with Crippen molar-refractivity contribution in [3.05, 3.63) is 48.0 Å². The van der Waals surface area contributed by atoms with Crippen LogP contribution in [0.3, 0.4) is 0 Å². The Hall–Kier alpha value is -1.52. The van der Waals surface area contributed by atoms with Gasteiger partial charge in [-0.15, -0.1) is 0 Å². The zero-order valence-electron chi connectivity index (χ0n) is 12.1. The summed E-state index contributed by atoms with van der Waals surface area (Å²) in [5, 5.41) is 8.77. The second kappa shape index (κ2) is 7.81. The highest BCUT2D eigenvalue weighted by Crippen LogP contribution is 2.26. The molecule has 1 rings (SSSR count). The molecule has 1 N–H and O–H groups in total. The molecule has 0 aliphatic carbocycles. The van der Waals surface area contributed by atoms with Crippen molar-refractivity contribution in [3.8, 4) is 11.8 Å². The van der Waals surface area contributed by atoms with Crippen LogP contribution in [0.1, 0.15) is 45.1 Å². The molecule has 1 nitrogen and oxygen atoms in total. The average molecular weight is 256 g/mol. The standard InChI is InChI=1S/C18H24O/c1-16(9-7-8-14-19)15-18(2,3)13-12-17-10-5-4-6-11-17/h4-6,10-11,19H,1,7-9,14-15H2,2-3H3. The fourth-order valence-electron chi connectivity index (χ4n) is 2.01. The molecular weight excluding hydrogens is 232 g/mol. The average Bonchev–Trinajstić information content (AvgIpc) is 2.37. The highest BCUT2D eigenvalue weighted by atomic mass is 16.2. The van der Waals surface area contributed by atoms with E-state index < -0.39 is 0 Å². The van der Waals surface area contributed by atoms with Gasteiger partial charge in [-0.2, -0.15) is 0 Å². The fraction of sp³-hybridized carbons (Fsp3) is 0.444. The van der Waals surface area contributed by atoms with Gasteiger partial charge in [0.1, 0.15) is 0 Å². The Bertz CT molecular complexity index is 446. The van der Waals surface area contributed by atoms with Crippen LogP contribution < -0.4 is 0 Å². The monoisotopic (exact) mass is 256 g/mol. The zero-order chi connectivity index (χ0) is 14.1. The van der Waals surface area contributed by atoms with Crippen LogP contribution in [0.5, 0.6) is 0 Å². The minimum Gasteiger partial charge on any atom is -0.396 e. The van der Waals surface area contributed by atoms with Crippen LogP contribution in [0.4, 0.5) is 0 Å². The van der Waals surface area contributed by atoms with Crippen LogP contribution in [-0.2, 0) is 0 Å². The smallest absolute Gasteiger partial charge is 0.0431 e. The summed E-state index contributed by atoms with van der Waals surface area (Å²) in [5.74, 6) is 6.56. The van der Waals surface area contributed by atoms with Gasteiger partial charge in [0.25, 0.3) is 0 Å². The van der Waals surface area contributed by atoms with Gasteiger partial charge in [-0.25, -0.2) is 0 Å². The molecule has 0 aromatic heterocycles. The van der Waals surface area contributed by atoms with Gasteiger partial charge in [-0.1, -0.05) is 42.2 Å². The zero-order valence-corrected chi connectivity index (χ0v) is 12.1. The van der Waals surface area contributed by atoms with Crippen molar-refractivity contribution in [1.29, 1.82) is 0 Å². The van der Waals surface area contributed by atoms with Gasteiger partial charge in [0.15, 0.2) is 0 Å². The second-order valence-corrected chi connectivity index (χ2v) is 5.61. The highest BCUT2D eigenvalue weighted by Gasteiger charge is 2.15. The topological polar surface area (TPSA) is 20.2 Å². The molecule has 0 amide bonds. The lowest BCUT2D eigenvalue weighted by Gasteiger charge is -2.19. The van der Waals surface area contributed by atoms with E-state index in [1.54, 1.807) is 0 Å². The number of benzene rings is 1. The first-order chi connectivity index (χ1) is 9.03. The van der Waals surface area contributed by atoms with Crippen molar-refractivity contribution in [2.45, 2.75) is 39.5 Å². The molecule has 19 heavy (non-hydrogen) atoms. The Morgan fingerprint density at radius 2 is 1.89 bits per heavy atom. The van der Waals surface area contributed by atoms with Gasteiger partial charge < -0.3 is 5.11 Å². The number of hydrogen-bond donors (Lipinski definition) is 1. The van der Waals surface area contributed by atoms with Gasteiger partial charge in [-0.05, 0) is 51.7 Å². The lowest BCUT2D eigenvalue weighted by Crippen LogP contribution is -2.09. The summed E-state index contributed by atoms with van der Waals surface area (Å²) in [6, 6.07) is 10.1. The molecule has 0 aliphatic heterocycles. The molecule has 0 heterocycles. The van der Waals surface area contributed by atoms with Gasteiger partial charge in [-0.3, -0.25) is 0 Å². The molecule has 0 radical (unpaired) electrons. The van der Waals surface area contributed by atoms with Gasteiger partial charge in [0, 0.05) is 17.6 Å². The Morgan fingerprint density at radius 1 is 1.21 bits per heavy atom. The Morgan fingerprint density at radius 3 is 2.53 bits per heavy atom. The van der Waals surface area contributed by atoms with E-state index in [1.807, 2.05) is 30.3 Å². The highest BCUT2D eigenvalue weighted by molar-refractivity contribution is 5.35. The third-order valence-corrected chi connectivity index (χ3v) is 2.95. The summed E-state index contributed by atoms with van der Waals surface area (Å²) < 4.78 is 0. The normalized spacial score (nSPS) is 10.7. The summed E-state index contributed by atoms with van der Waals surface area (Å²) in [4.78, 5) is 0. The van der Waals surface area contributed by atoms with E-state index in [9.17, 15) is 0 Å². The number of rotatable bonds is 6. The van der Waals surface area contributed by atoms with E-state index in [0.717, 1.165) is 31.2 Å². The molecule has 0 spiro atoms. The van der Waals surface area contributed by atoms with Crippen LogP contribution in [-0.4, -0.2) is 11.7 Å². The minimum absolute atomic E-state index is 0.0495. The predicted octanol–water partition coefficient (Wildman–Crippen LogP) is 4.17. The molecular formula is C18H24O. The largest absolute Gasteiger partial charge is 0.396 e. The maximum atomic E-state index is 8.77. The molecule has 0 unspecified atom stereocenters. The lowest BCUT2D eigenvalue weighted by atomic mass is 9.85. The summed E-state index contributed by atoms with van der Waals surface area (Å²) >= 11 is 0. The van der Waals surface area contributed by atoms with Gasteiger partial charge in [0.2, 0.25) is 0 Å². The molecule has 0 saturated heterocycles. The van der Waals surface area contributed by atoms with Crippen LogP contribution >= 0.6 is 0 Å². The number of hydrogen-bond acceptors (Lipinski definition) is 1. The molecule has 1 aromatic rings. The van der Waals surface area contributed by atoms with Crippen molar-refractivity contribution in [3.63, 3.8) is 0 Å². The molecule has 1 aromatic carbocycles. The van der Waals surface area contributed by atoms with E-state index in [2.05, 4.69) is 32.3 Å². The Labute approximate surface area is 117 Å². The molecule has 0 atom stereocenters. The summed E-state index contributed by atoms with van der Waals surface area (Å²) in [7, 11) is 0. The molecule has 0 bridgehead atoms. The first kappa shape index (κ1) is 15.5. The van der Waals surface area contributed by atoms with Gasteiger partial charge >= 0.3 is 0 Å². The summed E-state index contributed by atoms with van der Waals surface area (Å²) in [6.45, 7) is 8.69. The van der Waals surface area contributed by atoms with Crippen LogP contribution in [0.2, 0.25) is 0 Å². The van der Waals surface area contributed by atoms with E-state index in [1.165, 1.54) is 5.57 Å². The van der Waals surface area contributed by atoms with E-state index in [-0.39, 0.29) is 12.0 Å². The van der Waals surface area contributed by atoms with Crippen molar-refractivity contribution in [1.82, 2.24) is 0 Å². The molecule has 0 saturated carbocycles. The molecule has 102 valence electrons. The molecule has 0 fully saturated rings. The number of aliphatic hydroxyl groups is 1. The Balaban J connectivity index is 2.52. The number of allylic oxidation sites excluding steroid dienone is 1. The third-order valence-electron chi connectivity index (χ3n) is 2.95. The van der Waals surface area contributed by atoms with E-state index >= 15 is 0 Å². The third kappa shape index (κ3) is 6.84. The second-order valence-electron chi connectivity index (χ2n) is 5.61. The van der Waals surface area contributed by atoms with E-state index in [4.69, 9.17) is 5.11 Å². The van der Waals surface area contributed by atoms with E-state index in [0.29, 0.717) is 0 Å². The maximum Gasteiger partial charge on any atom is 0.0431 e. The number of unbranched alkanes of at least 4 members (excludes halogenated alkanes) is 1. The van der Waals surface area contributed by atoms with Crippen molar-refractivity contribution in [2.24, 2.45) is 5.41 Å². The van der Waals surface area contributed by atoms with Crippen LogP contribution in [0.15, 0.2) is 42.5 Å². The number of aliphatic hydroxyl groups excluding tert-OH is 1. The van der Waals surface area contributed by atoms with Gasteiger partial charge in [0.05, 0.1) is 0 Å². The maximum absolute atomic E-state index is 8.77.